The van der Waals surface area contributed by atoms with Crippen molar-refractivity contribution in [3.05, 3.63) is 22.6 Å². The molecule has 0 saturated carbocycles. The summed E-state index contributed by atoms with van der Waals surface area (Å²) < 4.78 is 11.9. The molecular weight excluding hydrogens is 240 g/mol. The highest BCUT2D eigenvalue weighted by Crippen LogP contribution is 2.33. The van der Waals surface area contributed by atoms with Gasteiger partial charge in [0.1, 0.15) is 19.8 Å². The molecule has 0 bridgehead atoms. The van der Waals surface area contributed by atoms with Crippen LogP contribution in [0.3, 0.4) is 0 Å². The largest absolute Gasteiger partial charge is 0.486 e. The third-order valence-corrected chi connectivity index (χ3v) is 2.73. The van der Waals surface area contributed by atoms with Crippen LogP contribution in [-0.2, 0) is 11.3 Å². The van der Waals surface area contributed by atoms with Crippen molar-refractivity contribution >= 4 is 17.0 Å². The molecule has 0 saturated heterocycles. The SMILES string of the molecule is O=C(O)Cn1c(=O)[nH]c2cc3c(cc21)OCCO3. The molecule has 1 aromatic heterocycles. The number of nitrogens with one attached hydrogen (secondary N) is 1. The first kappa shape index (κ1) is 10.7. The minimum atomic E-state index is -1.08. The molecule has 7 heteroatoms. The molecule has 0 radical (unpaired) electrons. The summed E-state index contributed by atoms with van der Waals surface area (Å²) in [4.78, 5) is 25.0. The molecule has 1 aliphatic heterocycles. The molecule has 2 aromatic rings. The number of aliphatic carboxylic acids is 1. The number of fused-ring (bicyclic) bond motifs is 2. The third kappa shape index (κ3) is 1.60. The van der Waals surface area contributed by atoms with Gasteiger partial charge in [-0.25, -0.2) is 4.79 Å². The zero-order valence-electron chi connectivity index (χ0n) is 9.30. The lowest BCUT2D eigenvalue weighted by Crippen LogP contribution is -2.21. The Kier molecular flexibility index (Phi) is 2.26. The Morgan fingerprint density at radius 2 is 2.00 bits per heavy atom. The number of hydrogen-bond donors (Lipinski definition) is 2. The molecule has 2 N–H and O–H groups in total. The molecule has 3 rings (SSSR count). The van der Waals surface area contributed by atoms with Gasteiger partial charge in [-0.3, -0.25) is 9.36 Å². The Bertz CT molecular complexity index is 685. The van der Waals surface area contributed by atoms with Gasteiger partial charge in [-0.1, -0.05) is 0 Å². The molecule has 94 valence electrons. The number of rotatable bonds is 2. The number of carboxylic acids is 1. The first-order valence-corrected chi connectivity index (χ1v) is 5.39. The number of H-pyrrole nitrogens is 1. The van der Waals surface area contributed by atoms with Crippen LogP contribution in [0.4, 0.5) is 0 Å². The fourth-order valence-corrected chi connectivity index (χ4v) is 1.99. The van der Waals surface area contributed by atoms with Crippen molar-refractivity contribution in [1.82, 2.24) is 9.55 Å². The van der Waals surface area contributed by atoms with Gasteiger partial charge in [0.2, 0.25) is 0 Å². The maximum absolute atomic E-state index is 11.7. The lowest BCUT2D eigenvalue weighted by molar-refractivity contribution is -0.137. The molecule has 2 heterocycles. The van der Waals surface area contributed by atoms with E-state index in [1.165, 1.54) is 0 Å². The number of nitrogens with zero attached hydrogens (tertiary/aromatic N) is 1. The average Bonchev–Trinajstić information content (AvgIpc) is 2.62. The van der Waals surface area contributed by atoms with E-state index in [4.69, 9.17) is 14.6 Å². The van der Waals surface area contributed by atoms with Gasteiger partial charge >= 0.3 is 11.7 Å². The van der Waals surface area contributed by atoms with Gasteiger partial charge in [0.05, 0.1) is 11.0 Å². The van der Waals surface area contributed by atoms with Crippen LogP contribution in [0, 0.1) is 0 Å². The van der Waals surface area contributed by atoms with E-state index < -0.39 is 18.2 Å². The summed E-state index contributed by atoms with van der Waals surface area (Å²) in [5, 5.41) is 8.78. The van der Waals surface area contributed by atoms with E-state index in [1.54, 1.807) is 12.1 Å². The van der Waals surface area contributed by atoms with Gasteiger partial charge in [0.15, 0.2) is 11.5 Å². The number of aromatic nitrogens is 2. The van der Waals surface area contributed by atoms with Crippen molar-refractivity contribution in [2.24, 2.45) is 0 Å². The monoisotopic (exact) mass is 250 g/mol. The van der Waals surface area contributed by atoms with Gasteiger partial charge < -0.3 is 19.6 Å². The summed E-state index contributed by atoms with van der Waals surface area (Å²) in [6, 6.07) is 3.26. The Balaban J connectivity index is 2.22. The molecule has 0 spiro atoms. The molecule has 1 aliphatic rings. The van der Waals surface area contributed by atoms with Crippen LogP contribution in [0.15, 0.2) is 16.9 Å². The molecule has 7 nitrogen and oxygen atoms in total. The molecule has 0 fully saturated rings. The zero-order chi connectivity index (χ0) is 12.7. The van der Waals surface area contributed by atoms with E-state index in [9.17, 15) is 9.59 Å². The summed E-state index contributed by atoms with van der Waals surface area (Å²) in [6.07, 6.45) is 0. The number of carboxylic acid groups (broad SMARTS) is 1. The second kappa shape index (κ2) is 3.80. The van der Waals surface area contributed by atoms with E-state index in [0.717, 1.165) is 4.57 Å². The zero-order valence-corrected chi connectivity index (χ0v) is 9.30. The summed E-state index contributed by atoms with van der Waals surface area (Å²) in [6.45, 7) is 0.503. The first-order chi connectivity index (χ1) is 8.65. The highest BCUT2D eigenvalue weighted by molar-refractivity contribution is 5.81. The summed E-state index contributed by atoms with van der Waals surface area (Å²) in [5.41, 5.74) is 0.562. The van der Waals surface area contributed by atoms with Gasteiger partial charge in [-0.05, 0) is 0 Å². The predicted octanol–water partition coefficient (Wildman–Crippen LogP) is 0.185. The van der Waals surface area contributed by atoms with Crippen molar-refractivity contribution in [2.75, 3.05) is 13.2 Å². The Hall–Kier alpha value is -2.44. The van der Waals surface area contributed by atoms with Crippen LogP contribution in [0.25, 0.3) is 11.0 Å². The topological polar surface area (TPSA) is 93.6 Å². The lowest BCUT2D eigenvalue weighted by Gasteiger charge is -2.18. The quantitative estimate of drug-likeness (QED) is 0.793. The molecule has 1 aromatic carbocycles. The molecule has 0 aliphatic carbocycles. The van der Waals surface area contributed by atoms with Gasteiger partial charge in [0, 0.05) is 12.1 Å². The number of carbonyl (C=O) groups is 1. The van der Waals surface area contributed by atoms with Crippen molar-refractivity contribution in [2.45, 2.75) is 6.54 Å². The smallest absolute Gasteiger partial charge is 0.327 e. The minimum Gasteiger partial charge on any atom is -0.486 e. The Labute approximate surface area is 101 Å². The van der Waals surface area contributed by atoms with Crippen LogP contribution >= 0.6 is 0 Å². The van der Waals surface area contributed by atoms with Crippen molar-refractivity contribution in [3.63, 3.8) is 0 Å². The third-order valence-electron chi connectivity index (χ3n) is 2.73. The Morgan fingerprint density at radius 3 is 2.67 bits per heavy atom. The van der Waals surface area contributed by atoms with Crippen LogP contribution in [-0.4, -0.2) is 33.8 Å². The Morgan fingerprint density at radius 1 is 1.33 bits per heavy atom. The lowest BCUT2D eigenvalue weighted by atomic mass is 10.2. The predicted molar refractivity (Wildman–Crippen MR) is 61.2 cm³/mol. The maximum Gasteiger partial charge on any atom is 0.327 e. The number of ether oxygens (including phenoxy) is 2. The standard InChI is InChI=1S/C11H10N2O5/c14-10(15)5-13-7-4-9-8(17-1-2-18-9)3-6(7)12-11(13)16/h3-4H,1-2,5H2,(H,12,16)(H,14,15). The van der Waals surface area contributed by atoms with Crippen LogP contribution in [0.5, 0.6) is 11.5 Å². The highest BCUT2D eigenvalue weighted by atomic mass is 16.6. The first-order valence-electron chi connectivity index (χ1n) is 5.39. The van der Waals surface area contributed by atoms with Crippen LogP contribution in [0.1, 0.15) is 0 Å². The van der Waals surface area contributed by atoms with Gasteiger partial charge in [-0.2, -0.15) is 0 Å². The summed E-state index contributed by atoms with van der Waals surface area (Å²) in [7, 11) is 0. The number of hydrogen-bond acceptors (Lipinski definition) is 4. The maximum atomic E-state index is 11.7. The summed E-state index contributed by atoms with van der Waals surface area (Å²) >= 11 is 0. The van der Waals surface area contributed by atoms with Crippen LogP contribution < -0.4 is 15.2 Å². The molecular formula is C11H10N2O5. The van der Waals surface area contributed by atoms with Crippen LogP contribution in [0.2, 0.25) is 0 Å². The number of aromatic amines is 1. The van der Waals surface area contributed by atoms with E-state index in [0.29, 0.717) is 35.7 Å². The van der Waals surface area contributed by atoms with E-state index in [1.807, 2.05) is 0 Å². The van der Waals surface area contributed by atoms with Gasteiger partial charge in [0.25, 0.3) is 0 Å². The highest BCUT2D eigenvalue weighted by Gasteiger charge is 2.17. The summed E-state index contributed by atoms with van der Waals surface area (Å²) in [5.74, 6) is -0.00254. The van der Waals surface area contributed by atoms with E-state index in [2.05, 4.69) is 4.98 Å². The average molecular weight is 250 g/mol. The molecule has 0 amide bonds. The second-order valence-corrected chi connectivity index (χ2v) is 3.92. The molecule has 18 heavy (non-hydrogen) atoms. The fraction of sp³-hybridized carbons (Fsp3) is 0.273. The molecule has 0 atom stereocenters. The fourth-order valence-electron chi connectivity index (χ4n) is 1.99. The number of imidazole rings is 1. The minimum absolute atomic E-state index is 0.390. The van der Waals surface area contributed by atoms with Gasteiger partial charge in [-0.15, -0.1) is 0 Å². The normalized spacial score (nSPS) is 13.8. The van der Waals surface area contributed by atoms with Crippen molar-refractivity contribution < 1.29 is 19.4 Å². The van der Waals surface area contributed by atoms with E-state index >= 15 is 0 Å². The second-order valence-electron chi connectivity index (χ2n) is 3.92. The van der Waals surface area contributed by atoms with Crippen molar-refractivity contribution in [1.29, 1.82) is 0 Å². The van der Waals surface area contributed by atoms with E-state index in [-0.39, 0.29) is 0 Å². The number of benzene rings is 1. The molecule has 0 unspecified atom stereocenters. The van der Waals surface area contributed by atoms with Crippen molar-refractivity contribution in [3.8, 4) is 11.5 Å².